The van der Waals surface area contributed by atoms with Gasteiger partial charge in [0.1, 0.15) is 5.82 Å². The Kier molecular flexibility index (Phi) is 32.4. The van der Waals surface area contributed by atoms with Crippen molar-refractivity contribution in [2.45, 2.75) is 80.7 Å². The van der Waals surface area contributed by atoms with Crippen LogP contribution in [0.5, 0.6) is 0 Å². The van der Waals surface area contributed by atoms with Crippen molar-refractivity contribution in [2.75, 3.05) is 81.1 Å². The van der Waals surface area contributed by atoms with E-state index < -0.39 is 45.5 Å². The summed E-state index contributed by atoms with van der Waals surface area (Å²) in [5, 5.41) is 23.1. The summed E-state index contributed by atoms with van der Waals surface area (Å²) in [7, 11) is 0. The lowest BCUT2D eigenvalue weighted by Gasteiger charge is -2.20. The molecule has 0 saturated heterocycles. The Labute approximate surface area is 610 Å². The van der Waals surface area contributed by atoms with Gasteiger partial charge in [-0.3, -0.25) is 43.4 Å². The first kappa shape index (κ1) is 81.1. The summed E-state index contributed by atoms with van der Waals surface area (Å²) in [5.74, 6) is -2.05. The number of alkyl halides is 6. The maximum absolute atomic E-state index is 14.9. The van der Waals surface area contributed by atoms with Gasteiger partial charge in [-0.25, -0.2) is 4.39 Å². The van der Waals surface area contributed by atoms with Crippen molar-refractivity contribution in [3.63, 3.8) is 0 Å². The minimum atomic E-state index is -1.64. The quantitative estimate of drug-likeness (QED) is 0.0291. The molecule has 530 valence electrons. The molecule has 0 atom stereocenters. The maximum atomic E-state index is 14.9. The summed E-state index contributed by atoms with van der Waals surface area (Å²) >= 11 is 35.1. The van der Waals surface area contributed by atoms with E-state index in [2.05, 4.69) is 14.7 Å². The molecule has 0 N–H and O–H groups in total. The van der Waals surface area contributed by atoms with Gasteiger partial charge in [0.15, 0.2) is 39.4 Å². The predicted molar refractivity (Wildman–Crippen MR) is 396 cm³/mol. The number of ketones is 4. The number of Topliss-reactive ketones (excluding diaryl/α,β-unsaturated/α-hetero) is 1. The molecule has 9 rings (SSSR count). The third-order valence-corrected chi connectivity index (χ3v) is 17.5. The largest absolute Gasteiger partial charge is 0.545 e. The van der Waals surface area contributed by atoms with Crippen LogP contribution in [0.2, 0.25) is 0 Å². The minimum absolute atomic E-state index is 0.111. The van der Waals surface area contributed by atoms with E-state index in [0.717, 1.165) is 68.1 Å². The van der Waals surface area contributed by atoms with Gasteiger partial charge >= 0.3 is 0 Å². The number of hydrogen-bond acceptors (Lipinski definition) is 14. The number of hydrogen-bond donors (Lipinski definition) is 0. The maximum Gasteiger partial charge on any atom is 0.200 e. The number of carbonyl (C=O) groups excluding carboxylic acids is 6. The Hall–Kier alpha value is -7.88. The minimum Gasteiger partial charge on any atom is -0.545 e. The van der Waals surface area contributed by atoms with Crippen LogP contribution in [-0.4, -0.2) is 145 Å². The van der Waals surface area contributed by atoms with Gasteiger partial charge < -0.3 is 38.4 Å². The van der Waals surface area contributed by atoms with Crippen molar-refractivity contribution in [1.29, 1.82) is 0 Å². The number of fused-ring (bicyclic) bond motifs is 3. The van der Waals surface area contributed by atoms with Gasteiger partial charge in [0.25, 0.3) is 0 Å². The summed E-state index contributed by atoms with van der Waals surface area (Å²) in [6, 6.07) is 33.6. The van der Waals surface area contributed by atoms with Crippen LogP contribution in [0.3, 0.4) is 0 Å². The topological polar surface area (TPSA) is 224 Å². The van der Waals surface area contributed by atoms with Gasteiger partial charge in [-0.1, -0.05) is 98.8 Å². The highest BCUT2D eigenvalue weighted by Crippen LogP contribution is 2.24. The monoisotopic (exact) mass is 1480 g/mol. The summed E-state index contributed by atoms with van der Waals surface area (Å²) in [6.45, 7) is 18.8. The van der Waals surface area contributed by atoms with Gasteiger partial charge in [-0.2, -0.15) is 0 Å². The normalized spacial score (nSPS) is 11.1. The van der Waals surface area contributed by atoms with Crippen LogP contribution in [0, 0.1) is 5.82 Å². The van der Waals surface area contributed by atoms with E-state index in [9.17, 15) is 57.8 Å². The van der Waals surface area contributed by atoms with Crippen LogP contribution in [-0.2, 0) is 39.1 Å². The number of carboxylic acids is 2. The Morgan fingerprint density at radius 1 is 0.390 bits per heavy atom. The lowest BCUT2D eigenvalue weighted by molar-refractivity contribution is -0.256. The van der Waals surface area contributed by atoms with Gasteiger partial charge in [-0.15, -0.1) is 69.6 Å². The molecule has 0 amide bonds. The van der Waals surface area contributed by atoms with E-state index in [1.807, 2.05) is 68.7 Å². The lowest BCUT2D eigenvalue weighted by Crippen LogP contribution is -2.30. The zero-order valence-corrected chi connectivity index (χ0v) is 61.1. The molecule has 0 saturated carbocycles. The van der Waals surface area contributed by atoms with Gasteiger partial charge in [0.05, 0.1) is 50.7 Å². The lowest BCUT2D eigenvalue weighted by atomic mass is 9.99. The summed E-state index contributed by atoms with van der Waals surface area (Å²) in [6.07, 6.45) is 4.83. The molecule has 9 aromatic rings. The van der Waals surface area contributed by atoms with Crippen LogP contribution in [0.15, 0.2) is 154 Å². The summed E-state index contributed by atoms with van der Waals surface area (Å²) in [4.78, 5) is 118. The molecule has 6 aromatic carbocycles. The molecular formula is C76H79Cl6FN6O11-2. The molecule has 0 fully saturated rings. The van der Waals surface area contributed by atoms with Crippen LogP contribution in [0.25, 0.3) is 32.7 Å². The van der Waals surface area contributed by atoms with E-state index in [0.29, 0.717) is 120 Å². The first-order valence-corrected chi connectivity index (χ1v) is 35.9. The van der Waals surface area contributed by atoms with Crippen LogP contribution >= 0.6 is 69.6 Å². The van der Waals surface area contributed by atoms with Crippen molar-refractivity contribution >= 4 is 137 Å². The highest BCUT2D eigenvalue weighted by molar-refractivity contribution is 6.19. The van der Waals surface area contributed by atoms with Gasteiger partial charge in [0.2, 0.25) is 0 Å². The van der Waals surface area contributed by atoms with Crippen molar-refractivity contribution in [2.24, 2.45) is 0 Å². The smallest absolute Gasteiger partial charge is 0.200 e. The number of aromatic nitrogens is 3. The number of benzene rings is 6. The third-order valence-electron chi connectivity index (χ3n) is 16.5. The van der Waals surface area contributed by atoms with E-state index in [-0.39, 0.29) is 55.8 Å². The molecular weight excluding hydrogens is 1400 g/mol. The number of pyridine rings is 3. The fraction of sp³-hybridized carbons (Fsp3) is 0.329. The molecule has 24 heteroatoms. The Morgan fingerprint density at radius 3 is 1.07 bits per heavy atom. The number of rotatable bonds is 31. The number of carboxylic acid groups (broad SMARTS) is 2. The standard InChI is InChI=1S/C26H28Cl2N2O3.C24H23Cl2FN2O4.C24H24Cl2N2O4.C2H6/c1-3-30-17-23(18(2)31)26(33)22-9-8-21(16-24(22)30)25(32)20-6-4-19(5-7-20)10-13-29(14-11-27)15-12-28;1-2-29-14-19(24(32)33)23(31)18-11-20(27)17(12-21(18)29)22(30)16-5-3-15(4-6-16)13-28(9-7-25)10-8-26;1-2-28-15-20(24(31)32)23(30)19-8-7-18(13-21(19)28)22(29)17-5-3-16(4-6-17)14-27(11-9-25)12-10-26;1-2/h4-9,16-17H,3,10-15H2,1-2H3;3-6,11-12,14H,2,7-10,13H2,1H3,(H,32,33);3-8,13,15H,2,9-12,14H2,1H3,(H,31,32);1-2H3/p-2. The van der Waals surface area contributed by atoms with E-state index in [1.165, 1.54) is 29.8 Å². The first-order valence-electron chi connectivity index (χ1n) is 32.7. The number of carbonyl (C=O) groups is 6. The molecule has 0 aliphatic heterocycles. The van der Waals surface area contributed by atoms with Crippen molar-refractivity contribution in [3.8, 4) is 0 Å². The van der Waals surface area contributed by atoms with Gasteiger partial charge in [0, 0.05) is 176 Å². The first-order chi connectivity index (χ1) is 48.1. The predicted octanol–water partition coefficient (Wildman–Crippen LogP) is 11.7. The molecule has 100 heavy (non-hydrogen) atoms. The molecule has 3 aromatic heterocycles. The molecule has 0 aliphatic carbocycles. The molecule has 0 spiro atoms. The number of aryl methyl sites for hydroxylation is 3. The average Bonchev–Trinajstić information content (AvgIpc) is 0.779. The van der Waals surface area contributed by atoms with Crippen molar-refractivity contribution in [1.82, 2.24) is 28.4 Å². The highest BCUT2D eigenvalue weighted by atomic mass is 35.5. The summed E-state index contributed by atoms with van der Waals surface area (Å²) < 4.78 is 19.8. The number of aromatic carboxylic acids is 2. The summed E-state index contributed by atoms with van der Waals surface area (Å²) in [5.41, 5.74) is 4.09. The van der Waals surface area contributed by atoms with Crippen molar-refractivity contribution < 1.29 is 43.4 Å². The molecule has 0 bridgehead atoms. The third kappa shape index (κ3) is 20.9. The second kappa shape index (κ2) is 39.9. The van der Waals surface area contributed by atoms with E-state index in [1.54, 1.807) is 84.4 Å². The van der Waals surface area contributed by atoms with Gasteiger partial charge in [-0.05, 0) is 87.2 Å². The molecule has 0 radical (unpaired) electrons. The molecule has 0 aliphatic rings. The fourth-order valence-electron chi connectivity index (χ4n) is 11.2. The number of nitrogens with zero attached hydrogens (tertiary/aromatic N) is 6. The Morgan fingerprint density at radius 2 is 0.710 bits per heavy atom. The van der Waals surface area contributed by atoms with Crippen LogP contribution < -0.4 is 26.5 Å². The van der Waals surface area contributed by atoms with Crippen LogP contribution in [0.4, 0.5) is 4.39 Å². The Bertz CT molecular complexity index is 4530. The van der Waals surface area contributed by atoms with E-state index >= 15 is 0 Å². The van der Waals surface area contributed by atoms with E-state index in [4.69, 9.17) is 69.6 Å². The second-order valence-corrected chi connectivity index (χ2v) is 25.0. The van der Waals surface area contributed by atoms with Crippen molar-refractivity contribution in [3.05, 3.63) is 243 Å². The molecule has 3 heterocycles. The van der Waals surface area contributed by atoms with Crippen LogP contribution in [0.1, 0.15) is 137 Å². The highest BCUT2D eigenvalue weighted by Gasteiger charge is 2.22. The second-order valence-electron chi connectivity index (χ2n) is 22.8. The SMILES string of the molecule is CC.CCn1cc(C(=O)[O-])c(=O)c2cc(F)c(C(=O)c3ccc(CN(CCCl)CCCl)cc3)cc21.CCn1cc(C(=O)[O-])c(=O)c2ccc(C(=O)c3ccc(CN(CCCl)CCCl)cc3)cc21.CCn1cc(C(C)=O)c(=O)c2ccc(C(=O)c3ccc(CCN(CCCl)CCCl)cc3)cc21. The molecule has 17 nitrogen and oxygen atoms in total. The zero-order valence-electron chi connectivity index (χ0n) is 56.5. The zero-order chi connectivity index (χ0) is 73.3. The Balaban J connectivity index is 0.000000233. The number of halogens is 7. The molecule has 0 unspecified atom stereocenters. The average molecular weight is 1480 g/mol. The fourth-order valence-corrected chi connectivity index (χ4v) is 12.6.